The van der Waals surface area contributed by atoms with Crippen molar-refractivity contribution in [3.63, 3.8) is 0 Å². The van der Waals surface area contributed by atoms with Gasteiger partial charge in [0.1, 0.15) is 21.3 Å². The molecular weight excluding hydrogens is 348 g/mol. The molecule has 0 bridgehead atoms. The number of hydrogen-bond donors (Lipinski definition) is 4. The number of benzene rings is 2. The van der Waals surface area contributed by atoms with E-state index in [0.717, 1.165) is 12.1 Å². The standard InChI is InChI=1S/C13H14O8S2/c1-3-8-10(23(19,20)21)5-7-4-9(22(16,17)18)6(2)12(14)11(7)13(8)15/h4-5,14-15H,3H2,1-2H3,(H,16,17,18)(H,19,20,21). The molecule has 23 heavy (non-hydrogen) atoms. The lowest BCUT2D eigenvalue weighted by atomic mass is 10.0. The Morgan fingerprint density at radius 2 is 1.39 bits per heavy atom. The van der Waals surface area contributed by atoms with Crippen LogP contribution in [0.1, 0.15) is 18.1 Å². The molecule has 2 aromatic carbocycles. The van der Waals surface area contributed by atoms with Crippen LogP contribution >= 0.6 is 0 Å². The van der Waals surface area contributed by atoms with E-state index >= 15 is 0 Å². The van der Waals surface area contributed by atoms with Crippen LogP contribution in [-0.2, 0) is 26.7 Å². The summed E-state index contributed by atoms with van der Waals surface area (Å²) in [6.07, 6.45) is 0.0371. The molecule has 10 heteroatoms. The van der Waals surface area contributed by atoms with E-state index in [-0.39, 0.29) is 28.3 Å². The second-order valence-corrected chi connectivity index (χ2v) is 7.73. The molecule has 0 saturated carbocycles. The second-order valence-electron chi connectivity index (χ2n) is 4.95. The fourth-order valence-electron chi connectivity index (χ4n) is 2.46. The third-order valence-electron chi connectivity index (χ3n) is 3.55. The summed E-state index contributed by atoms with van der Waals surface area (Å²) in [5, 5.41) is 20.1. The second kappa shape index (κ2) is 5.34. The number of fused-ring (bicyclic) bond motifs is 1. The van der Waals surface area contributed by atoms with Gasteiger partial charge in [-0.1, -0.05) is 6.92 Å². The lowest BCUT2D eigenvalue weighted by Gasteiger charge is -2.15. The molecule has 0 atom stereocenters. The zero-order valence-electron chi connectivity index (χ0n) is 12.1. The van der Waals surface area contributed by atoms with Crippen LogP contribution in [0, 0.1) is 6.92 Å². The maximum Gasteiger partial charge on any atom is 0.294 e. The highest BCUT2D eigenvalue weighted by Crippen LogP contribution is 2.42. The zero-order valence-corrected chi connectivity index (χ0v) is 13.7. The topological polar surface area (TPSA) is 149 Å². The molecule has 0 unspecified atom stereocenters. The van der Waals surface area contributed by atoms with Gasteiger partial charge in [0, 0.05) is 11.1 Å². The molecule has 8 nitrogen and oxygen atoms in total. The molecule has 0 saturated heterocycles. The average molecular weight is 362 g/mol. The van der Waals surface area contributed by atoms with Gasteiger partial charge >= 0.3 is 0 Å². The van der Waals surface area contributed by atoms with Gasteiger partial charge in [-0.25, -0.2) is 0 Å². The van der Waals surface area contributed by atoms with Crippen molar-refractivity contribution in [2.45, 2.75) is 30.1 Å². The molecule has 0 aromatic heterocycles. The summed E-state index contributed by atoms with van der Waals surface area (Å²) in [6, 6.07) is 1.84. The number of aromatic hydroxyl groups is 2. The highest BCUT2D eigenvalue weighted by atomic mass is 32.2. The Morgan fingerprint density at radius 1 is 0.913 bits per heavy atom. The van der Waals surface area contributed by atoms with Crippen molar-refractivity contribution in [2.75, 3.05) is 0 Å². The van der Waals surface area contributed by atoms with E-state index in [2.05, 4.69) is 0 Å². The van der Waals surface area contributed by atoms with E-state index < -0.39 is 41.5 Å². The lowest BCUT2D eigenvalue weighted by molar-refractivity contribution is 0.450. The molecule has 0 aliphatic heterocycles. The summed E-state index contributed by atoms with van der Waals surface area (Å²) in [4.78, 5) is -1.23. The first-order valence-corrected chi connectivity index (χ1v) is 9.23. The van der Waals surface area contributed by atoms with Gasteiger partial charge in [0.25, 0.3) is 20.2 Å². The summed E-state index contributed by atoms with van der Waals surface area (Å²) in [7, 11) is -9.36. The van der Waals surface area contributed by atoms with Crippen molar-refractivity contribution < 1.29 is 36.2 Å². The van der Waals surface area contributed by atoms with Crippen LogP contribution in [0.5, 0.6) is 11.5 Å². The molecule has 2 aromatic rings. The van der Waals surface area contributed by atoms with Crippen molar-refractivity contribution in [1.29, 1.82) is 0 Å². The van der Waals surface area contributed by atoms with E-state index in [1.807, 2.05) is 0 Å². The fraction of sp³-hybridized carbons (Fsp3) is 0.231. The largest absolute Gasteiger partial charge is 0.507 e. The summed E-state index contributed by atoms with van der Waals surface area (Å²) < 4.78 is 64.1. The molecule has 126 valence electrons. The van der Waals surface area contributed by atoms with Crippen LogP contribution in [0.2, 0.25) is 0 Å². The number of phenolic OH excluding ortho intramolecular Hbond substituents is 2. The van der Waals surface area contributed by atoms with E-state index in [0.29, 0.717) is 0 Å². The molecule has 4 N–H and O–H groups in total. The van der Waals surface area contributed by atoms with Gasteiger partial charge in [0.15, 0.2) is 0 Å². The predicted molar refractivity (Wildman–Crippen MR) is 81.0 cm³/mol. The smallest absolute Gasteiger partial charge is 0.294 e. The van der Waals surface area contributed by atoms with Crippen molar-refractivity contribution >= 4 is 31.0 Å². The van der Waals surface area contributed by atoms with E-state index in [1.165, 1.54) is 13.8 Å². The predicted octanol–water partition coefficient (Wildman–Crippen LogP) is 1.62. The number of phenols is 2. The Labute approximate surface area is 132 Å². The van der Waals surface area contributed by atoms with Crippen LogP contribution in [-0.4, -0.2) is 36.2 Å². The third-order valence-corrected chi connectivity index (χ3v) is 5.45. The molecule has 2 rings (SSSR count). The monoisotopic (exact) mass is 362 g/mol. The summed E-state index contributed by atoms with van der Waals surface area (Å²) in [6.45, 7) is 2.76. The first-order chi connectivity index (χ1) is 10.4. The van der Waals surface area contributed by atoms with Crippen molar-refractivity contribution in [3.8, 4) is 11.5 Å². The Morgan fingerprint density at radius 3 is 1.83 bits per heavy atom. The minimum atomic E-state index is -4.68. The van der Waals surface area contributed by atoms with Gasteiger partial charge in [0.05, 0.1) is 5.39 Å². The van der Waals surface area contributed by atoms with Crippen LogP contribution in [0.15, 0.2) is 21.9 Å². The van der Waals surface area contributed by atoms with Crippen LogP contribution in [0.25, 0.3) is 10.8 Å². The van der Waals surface area contributed by atoms with Gasteiger partial charge < -0.3 is 10.2 Å². The Kier molecular flexibility index (Phi) is 4.06. The van der Waals surface area contributed by atoms with Crippen LogP contribution in [0.3, 0.4) is 0 Å². The highest BCUT2D eigenvalue weighted by molar-refractivity contribution is 7.86. The first kappa shape index (κ1) is 17.5. The number of hydrogen-bond acceptors (Lipinski definition) is 6. The van der Waals surface area contributed by atoms with E-state index in [9.17, 15) is 36.2 Å². The van der Waals surface area contributed by atoms with Gasteiger partial charge in [0.2, 0.25) is 0 Å². The summed E-state index contributed by atoms with van der Waals surface area (Å²) >= 11 is 0. The molecule has 0 heterocycles. The minimum Gasteiger partial charge on any atom is -0.507 e. The van der Waals surface area contributed by atoms with Gasteiger partial charge in [-0.05, 0) is 30.9 Å². The summed E-state index contributed by atoms with van der Waals surface area (Å²) in [5.74, 6) is -1.19. The van der Waals surface area contributed by atoms with Gasteiger partial charge in [-0.3, -0.25) is 9.11 Å². The molecule has 0 spiro atoms. The van der Waals surface area contributed by atoms with Crippen molar-refractivity contribution in [2.24, 2.45) is 0 Å². The minimum absolute atomic E-state index is 0.0371. The molecular formula is C13H14O8S2. The zero-order chi connectivity index (χ0) is 17.7. The highest BCUT2D eigenvalue weighted by Gasteiger charge is 2.25. The average Bonchev–Trinajstić information content (AvgIpc) is 2.39. The van der Waals surface area contributed by atoms with E-state index in [4.69, 9.17) is 0 Å². The Hall–Kier alpha value is -1.88. The summed E-state index contributed by atoms with van der Waals surface area (Å²) in [5.41, 5.74) is -0.314. The Balaban J connectivity index is 3.12. The SMILES string of the molecule is CCc1c(S(=O)(=O)O)cc2cc(S(=O)(=O)O)c(C)c(O)c2c1O. The van der Waals surface area contributed by atoms with E-state index in [1.54, 1.807) is 0 Å². The van der Waals surface area contributed by atoms with Crippen LogP contribution in [0.4, 0.5) is 0 Å². The first-order valence-electron chi connectivity index (χ1n) is 6.35. The quantitative estimate of drug-likeness (QED) is 0.602. The van der Waals surface area contributed by atoms with Crippen molar-refractivity contribution in [1.82, 2.24) is 0 Å². The lowest BCUT2D eigenvalue weighted by Crippen LogP contribution is -2.05. The molecule has 0 aliphatic carbocycles. The van der Waals surface area contributed by atoms with Crippen LogP contribution < -0.4 is 0 Å². The normalized spacial score (nSPS) is 12.7. The number of rotatable bonds is 3. The maximum absolute atomic E-state index is 11.5. The molecule has 0 radical (unpaired) electrons. The Bertz CT molecular complexity index is 1020. The van der Waals surface area contributed by atoms with Gasteiger partial charge in [-0.15, -0.1) is 0 Å². The third kappa shape index (κ3) is 2.85. The molecule has 0 aliphatic rings. The molecule has 0 fully saturated rings. The maximum atomic E-state index is 11.5. The molecule has 0 amide bonds. The van der Waals surface area contributed by atoms with Crippen molar-refractivity contribution in [3.05, 3.63) is 23.3 Å². The van der Waals surface area contributed by atoms with Gasteiger partial charge in [-0.2, -0.15) is 16.8 Å². The fourth-order valence-corrected chi connectivity index (χ4v) is 4.05.